The Hall–Kier alpha value is -3.54. The normalized spacial score (nSPS) is 16.4. The molecule has 1 aliphatic carbocycles. The van der Waals surface area contributed by atoms with E-state index in [0.717, 1.165) is 47.0 Å². The molecule has 0 bridgehead atoms. The van der Waals surface area contributed by atoms with Crippen LogP contribution in [-0.2, 0) is 10.8 Å². The van der Waals surface area contributed by atoms with Crippen molar-refractivity contribution in [1.29, 1.82) is 0 Å². The molecule has 0 saturated heterocycles. The van der Waals surface area contributed by atoms with Crippen LogP contribution in [0.4, 0.5) is 0 Å². The van der Waals surface area contributed by atoms with Crippen LogP contribution in [-0.4, -0.2) is 30.1 Å². The minimum atomic E-state index is -0.0360. The number of nitrogens with zero attached hydrogens (tertiary/aromatic N) is 6. The average Bonchev–Trinajstić information content (AvgIpc) is 2.83. The second-order valence-electron chi connectivity index (χ2n) is 9.63. The van der Waals surface area contributed by atoms with Crippen LogP contribution >= 0.6 is 0 Å². The maximum absolute atomic E-state index is 4.97. The number of rotatable bonds is 3. The molecule has 0 N–H and O–H groups in total. The van der Waals surface area contributed by atoms with Gasteiger partial charge in [0.05, 0.1) is 34.2 Å². The molecule has 4 heterocycles. The quantitative estimate of drug-likeness (QED) is 0.439. The maximum atomic E-state index is 4.97. The summed E-state index contributed by atoms with van der Waals surface area (Å²) >= 11 is 0. The van der Waals surface area contributed by atoms with Crippen molar-refractivity contribution in [3.63, 3.8) is 0 Å². The van der Waals surface area contributed by atoms with E-state index >= 15 is 0 Å². The minimum absolute atomic E-state index is 0.0194. The summed E-state index contributed by atoms with van der Waals surface area (Å²) in [6.07, 6.45) is 3.92. The van der Waals surface area contributed by atoms with Crippen molar-refractivity contribution in [2.24, 2.45) is 0 Å². The average molecular weight is 423 g/mol. The zero-order valence-electron chi connectivity index (χ0n) is 18.9. The first-order valence-electron chi connectivity index (χ1n) is 11.0. The Kier molecular flexibility index (Phi) is 4.81. The van der Waals surface area contributed by atoms with Crippen LogP contribution in [0.3, 0.4) is 0 Å². The lowest BCUT2D eigenvalue weighted by Crippen LogP contribution is -2.36. The minimum Gasteiger partial charge on any atom is -0.255 e. The summed E-state index contributed by atoms with van der Waals surface area (Å²) in [6.45, 7) is 8.90. The molecular weight excluding hydrogens is 396 g/mol. The van der Waals surface area contributed by atoms with Crippen molar-refractivity contribution in [2.45, 2.75) is 51.4 Å². The fourth-order valence-corrected chi connectivity index (χ4v) is 4.16. The Balaban J connectivity index is 1.55. The van der Waals surface area contributed by atoms with Crippen molar-refractivity contribution < 1.29 is 0 Å². The fourth-order valence-electron chi connectivity index (χ4n) is 4.16. The Morgan fingerprint density at radius 1 is 0.562 bits per heavy atom. The van der Waals surface area contributed by atoms with E-state index in [1.54, 1.807) is 6.20 Å². The molecule has 0 atom stereocenters. The monoisotopic (exact) mass is 422 g/mol. The predicted molar refractivity (Wildman–Crippen MR) is 125 cm³/mol. The van der Waals surface area contributed by atoms with Gasteiger partial charge < -0.3 is 0 Å². The van der Waals surface area contributed by atoms with Gasteiger partial charge in [-0.3, -0.25) is 4.98 Å². The molecule has 4 aromatic rings. The van der Waals surface area contributed by atoms with Gasteiger partial charge in [-0.1, -0.05) is 45.9 Å². The van der Waals surface area contributed by atoms with Gasteiger partial charge >= 0.3 is 0 Å². The van der Waals surface area contributed by atoms with Gasteiger partial charge in [-0.25, -0.2) is 15.0 Å². The predicted octanol–water partition coefficient (Wildman–Crippen LogP) is 5.41. The SMILES string of the molecule is CC1(C)CCC(C)(C)c2nc(-c3cccc(-c4cccc(-c5ccccn5)n4)n3)nnc21. The summed E-state index contributed by atoms with van der Waals surface area (Å²) < 4.78 is 0. The third-order valence-corrected chi connectivity index (χ3v) is 6.26. The topological polar surface area (TPSA) is 77.3 Å². The molecule has 0 aliphatic heterocycles. The summed E-state index contributed by atoms with van der Waals surface area (Å²) in [6, 6.07) is 17.5. The molecule has 0 amide bonds. The highest BCUT2D eigenvalue weighted by molar-refractivity contribution is 5.64. The van der Waals surface area contributed by atoms with Crippen LogP contribution in [0.15, 0.2) is 60.8 Å². The van der Waals surface area contributed by atoms with E-state index in [4.69, 9.17) is 15.0 Å². The van der Waals surface area contributed by atoms with Crippen LogP contribution in [0.1, 0.15) is 51.9 Å². The Morgan fingerprint density at radius 2 is 1.12 bits per heavy atom. The molecule has 0 spiro atoms. The van der Waals surface area contributed by atoms with Gasteiger partial charge in [0.25, 0.3) is 0 Å². The number of hydrogen-bond donors (Lipinski definition) is 0. The molecule has 0 fully saturated rings. The summed E-state index contributed by atoms with van der Waals surface area (Å²) in [5.74, 6) is 0.553. The van der Waals surface area contributed by atoms with Gasteiger partial charge in [0.15, 0.2) is 0 Å². The number of hydrogen-bond acceptors (Lipinski definition) is 6. The van der Waals surface area contributed by atoms with Crippen LogP contribution in [0, 0.1) is 0 Å². The second kappa shape index (κ2) is 7.55. The Labute approximate surface area is 188 Å². The second-order valence-corrected chi connectivity index (χ2v) is 9.63. The lowest BCUT2D eigenvalue weighted by atomic mass is 9.67. The highest BCUT2D eigenvalue weighted by Gasteiger charge is 2.40. The van der Waals surface area contributed by atoms with Gasteiger partial charge in [-0.05, 0) is 49.2 Å². The van der Waals surface area contributed by atoms with Gasteiger partial charge in [0.1, 0.15) is 5.69 Å². The first-order valence-corrected chi connectivity index (χ1v) is 11.0. The molecule has 4 aromatic heterocycles. The van der Waals surface area contributed by atoms with Crippen molar-refractivity contribution >= 4 is 0 Å². The Bertz CT molecular complexity index is 1280. The molecule has 0 radical (unpaired) electrons. The van der Waals surface area contributed by atoms with Crippen molar-refractivity contribution in [1.82, 2.24) is 30.1 Å². The summed E-state index contributed by atoms with van der Waals surface area (Å²) in [4.78, 5) is 19.0. The largest absolute Gasteiger partial charge is 0.255 e. The highest BCUT2D eigenvalue weighted by Crippen LogP contribution is 2.43. The molecule has 1 aliphatic rings. The van der Waals surface area contributed by atoms with Gasteiger partial charge in [0, 0.05) is 17.0 Å². The van der Waals surface area contributed by atoms with Gasteiger partial charge in [-0.15, -0.1) is 5.10 Å². The van der Waals surface area contributed by atoms with E-state index in [1.165, 1.54) is 0 Å². The lowest BCUT2D eigenvalue weighted by Gasteiger charge is -2.39. The van der Waals surface area contributed by atoms with Gasteiger partial charge in [-0.2, -0.15) is 5.10 Å². The molecule has 32 heavy (non-hydrogen) atoms. The van der Waals surface area contributed by atoms with E-state index in [1.807, 2.05) is 54.6 Å². The summed E-state index contributed by atoms with van der Waals surface area (Å²) in [7, 11) is 0. The number of pyridine rings is 3. The molecule has 6 nitrogen and oxygen atoms in total. The van der Waals surface area contributed by atoms with Crippen LogP contribution in [0.5, 0.6) is 0 Å². The first kappa shape index (κ1) is 20.4. The summed E-state index contributed by atoms with van der Waals surface area (Å²) in [5.41, 5.74) is 5.86. The third kappa shape index (κ3) is 3.66. The van der Waals surface area contributed by atoms with E-state index in [0.29, 0.717) is 11.5 Å². The van der Waals surface area contributed by atoms with E-state index in [2.05, 4.69) is 42.9 Å². The molecule has 0 aromatic carbocycles. The van der Waals surface area contributed by atoms with Crippen molar-refractivity contribution in [2.75, 3.05) is 0 Å². The fraction of sp³-hybridized carbons (Fsp3) is 0.308. The molecule has 6 heteroatoms. The zero-order valence-corrected chi connectivity index (χ0v) is 18.9. The highest BCUT2D eigenvalue weighted by atomic mass is 15.2. The van der Waals surface area contributed by atoms with Crippen molar-refractivity contribution in [3.8, 4) is 34.3 Å². The zero-order chi connectivity index (χ0) is 22.3. The third-order valence-electron chi connectivity index (χ3n) is 6.26. The molecule has 0 saturated carbocycles. The van der Waals surface area contributed by atoms with Crippen LogP contribution in [0.25, 0.3) is 34.3 Å². The van der Waals surface area contributed by atoms with Crippen molar-refractivity contribution in [3.05, 3.63) is 72.2 Å². The van der Waals surface area contributed by atoms with E-state index in [9.17, 15) is 0 Å². The molecule has 5 rings (SSSR count). The van der Waals surface area contributed by atoms with E-state index in [-0.39, 0.29) is 10.8 Å². The number of fused-ring (bicyclic) bond motifs is 1. The first-order chi connectivity index (χ1) is 15.3. The van der Waals surface area contributed by atoms with Crippen LogP contribution < -0.4 is 0 Å². The maximum Gasteiger partial charge on any atom is 0.200 e. The smallest absolute Gasteiger partial charge is 0.200 e. The summed E-state index contributed by atoms with van der Waals surface area (Å²) in [5, 5.41) is 9.09. The molecular formula is C26H26N6. The van der Waals surface area contributed by atoms with Crippen LogP contribution in [0.2, 0.25) is 0 Å². The molecule has 0 unspecified atom stereocenters. The molecule has 160 valence electrons. The number of aromatic nitrogens is 6. The standard InChI is InChI=1S/C26H26N6/c1-25(2)14-15-26(3,4)23-22(25)30-24(32-31-23)21-13-8-12-20(29-21)19-11-7-10-18(28-19)17-9-5-6-16-27-17/h5-13,16H,14-15H2,1-4H3. The van der Waals surface area contributed by atoms with Gasteiger partial charge in [0.2, 0.25) is 5.82 Å². The lowest BCUT2D eigenvalue weighted by molar-refractivity contribution is 0.311. The Morgan fingerprint density at radius 3 is 1.78 bits per heavy atom. The van der Waals surface area contributed by atoms with E-state index < -0.39 is 0 Å².